The molecule has 4 rings (SSSR count). The largest absolute Gasteiger partial charge is 0.439 e. The molecule has 0 N–H and O–H groups in total. The maximum absolute atomic E-state index is 12.5. The minimum atomic E-state index is -0.458. The zero-order chi connectivity index (χ0) is 19.7. The fourth-order valence-corrected chi connectivity index (χ4v) is 3.20. The Balaban J connectivity index is 1.43. The van der Waals surface area contributed by atoms with E-state index in [-0.39, 0.29) is 30.1 Å². The first-order chi connectivity index (χ1) is 13.5. The fourth-order valence-electron chi connectivity index (χ4n) is 2.98. The summed E-state index contributed by atoms with van der Waals surface area (Å²) in [5.74, 6) is -0.0584. The third kappa shape index (κ3) is 3.39. The van der Waals surface area contributed by atoms with E-state index in [0.29, 0.717) is 29.2 Å². The number of nitro groups is 1. The predicted octanol–water partition coefficient (Wildman–Crippen LogP) is 3.27. The van der Waals surface area contributed by atoms with Crippen LogP contribution >= 0.6 is 11.6 Å². The molecule has 0 atom stereocenters. The van der Waals surface area contributed by atoms with Gasteiger partial charge >= 0.3 is 6.08 Å². The highest BCUT2D eigenvalue weighted by Gasteiger charge is 2.27. The summed E-state index contributed by atoms with van der Waals surface area (Å²) in [6.07, 6.45) is 0.395. The number of halogens is 1. The number of nitro benzene ring substituents is 1. The summed E-state index contributed by atoms with van der Waals surface area (Å²) >= 11 is 6.09. The van der Waals surface area contributed by atoms with Crippen molar-refractivity contribution in [1.82, 2.24) is 10.1 Å². The van der Waals surface area contributed by atoms with Gasteiger partial charge in [-0.25, -0.2) is 0 Å². The number of anilines is 1. The maximum atomic E-state index is 12.5. The van der Waals surface area contributed by atoms with E-state index in [2.05, 4.69) is 10.1 Å². The van der Waals surface area contributed by atoms with Crippen LogP contribution in [-0.4, -0.2) is 34.1 Å². The molecule has 3 aromatic rings. The molecule has 1 aromatic heterocycles. The van der Waals surface area contributed by atoms with Crippen LogP contribution in [0, 0.1) is 10.1 Å². The van der Waals surface area contributed by atoms with Crippen LogP contribution in [0.25, 0.3) is 11.4 Å². The molecule has 142 valence electrons. The molecule has 0 spiro atoms. The van der Waals surface area contributed by atoms with E-state index in [1.807, 2.05) is 0 Å². The summed E-state index contributed by atoms with van der Waals surface area (Å²) < 4.78 is 10.3. The number of aromatic nitrogens is 2. The standard InChI is InChI=1S/C18H13ClN4O5/c19-14-4-2-1-3-13(14)17-20-18(28-21-17)27-10-16(24)22-8-7-11-9-12(23(25)26)5-6-15(11)22/h1-6,9H,7-8,10H2. The third-order valence-corrected chi connectivity index (χ3v) is 4.64. The van der Waals surface area contributed by atoms with Gasteiger partial charge in [0.25, 0.3) is 11.6 Å². The smallest absolute Gasteiger partial charge is 0.418 e. The molecule has 0 saturated heterocycles. The monoisotopic (exact) mass is 400 g/mol. The highest BCUT2D eigenvalue weighted by molar-refractivity contribution is 6.33. The zero-order valence-electron chi connectivity index (χ0n) is 14.4. The molecule has 10 heteroatoms. The van der Waals surface area contributed by atoms with Gasteiger partial charge in [0.1, 0.15) is 0 Å². The second-order valence-corrected chi connectivity index (χ2v) is 6.43. The predicted molar refractivity (Wildman–Crippen MR) is 99.4 cm³/mol. The Morgan fingerprint density at radius 2 is 2.14 bits per heavy atom. The number of carbonyl (C=O) groups excluding carboxylic acids is 1. The highest BCUT2D eigenvalue weighted by Crippen LogP contribution is 2.31. The zero-order valence-corrected chi connectivity index (χ0v) is 15.1. The number of non-ortho nitro benzene ring substituents is 1. The number of benzene rings is 2. The Kier molecular flexibility index (Phi) is 4.66. The molecule has 0 radical (unpaired) electrons. The summed E-state index contributed by atoms with van der Waals surface area (Å²) in [6, 6.07) is 11.4. The van der Waals surface area contributed by atoms with Gasteiger partial charge in [-0.2, -0.15) is 4.98 Å². The Bertz CT molecular complexity index is 1070. The molecule has 2 heterocycles. The van der Waals surface area contributed by atoms with Gasteiger partial charge in [-0.05, 0) is 30.2 Å². The number of ether oxygens (including phenoxy) is 1. The molecular formula is C18H13ClN4O5. The van der Waals surface area contributed by atoms with Crippen LogP contribution in [0.2, 0.25) is 5.02 Å². The van der Waals surface area contributed by atoms with Crippen LogP contribution in [0.15, 0.2) is 47.0 Å². The lowest BCUT2D eigenvalue weighted by Gasteiger charge is -2.16. The van der Waals surface area contributed by atoms with Crippen LogP contribution in [0.5, 0.6) is 6.08 Å². The first-order valence-electron chi connectivity index (χ1n) is 8.32. The van der Waals surface area contributed by atoms with Crippen molar-refractivity contribution in [1.29, 1.82) is 0 Å². The van der Waals surface area contributed by atoms with Gasteiger partial charge in [-0.3, -0.25) is 19.4 Å². The van der Waals surface area contributed by atoms with E-state index in [1.165, 1.54) is 17.0 Å². The average Bonchev–Trinajstić information content (AvgIpc) is 3.33. The number of fused-ring (bicyclic) bond motifs is 1. The minimum Gasteiger partial charge on any atom is -0.439 e. The quantitative estimate of drug-likeness (QED) is 0.477. The van der Waals surface area contributed by atoms with Crippen molar-refractivity contribution in [2.45, 2.75) is 6.42 Å². The number of hydrogen-bond acceptors (Lipinski definition) is 7. The molecule has 0 saturated carbocycles. The van der Waals surface area contributed by atoms with Crippen LogP contribution in [0.1, 0.15) is 5.56 Å². The lowest BCUT2D eigenvalue weighted by Crippen LogP contribution is -2.33. The summed E-state index contributed by atoms with van der Waals surface area (Å²) in [5.41, 5.74) is 1.98. The molecule has 1 aliphatic heterocycles. The van der Waals surface area contributed by atoms with E-state index < -0.39 is 4.92 Å². The summed E-state index contributed by atoms with van der Waals surface area (Å²) in [4.78, 5) is 28.5. The molecule has 0 fully saturated rings. The number of carbonyl (C=O) groups is 1. The van der Waals surface area contributed by atoms with E-state index in [9.17, 15) is 14.9 Å². The van der Waals surface area contributed by atoms with Gasteiger partial charge in [0.15, 0.2) is 6.61 Å². The van der Waals surface area contributed by atoms with Crippen LogP contribution in [0.3, 0.4) is 0 Å². The van der Waals surface area contributed by atoms with Gasteiger partial charge in [0.05, 0.1) is 9.95 Å². The Hall–Kier alpha value is -3.46. The van der Waals surface area contributed by atoms with Crippen molar-refractivity contribution < 1.29 is 19.0 Å². The Morgan fingerprint density at radius 3 is 2.93 bits per heavy atom. The second kappa shape index (κ2) is 7.28. The minimum absolute atomic E-state index is 0.00209. The summed E-state index contributed by atoms with van der Waals surface area (Å²) in [6.45, 7) is 0.119. The molecule has 9 nitrogen and oxygen atoms in total. The van der Waals surface area contributed by atoms with Crippen molar-refractivity contribution in [3.63, 3.8) is 0 Å². The number of rotatable bonds is 5. The van der Waals surface area contributed by atoms with Crippen LogP contribution < -0.4 is 9.64 Å². The van der Waals surface area contributed by atoms with Gasteiger partial charge in [0, 0.05) is 29.9 Å². The van der Waals surface area contributed by atoms with Crippen molar-refractivity contribution >= 4 is 28.9 Å². The highest BCUT2D eigenvalue weighted by atomic mass is 35.5. The lowest BCUT2D eigenvalue weighted by atomic mass is 10.1. The molecule has 0 unspecified atom stereocenters. The van der Waals surface area contributed by atoms with Crippen molar-refractivity contribution in [3.05, 3.63) is 63.2 Å². The van der Waals surface area contributed by atoms with E-state index >= 15 is 0 Å². The molecule has 0 aliphatic carbocycles. The number of hydrogen-bond donors (Lipinski definition) is 0. The van der Waals surface area contributed by atoms with E-state index in [4.69, 9.17) is 20.9 Å². The topological polar surface area (TPSA) is 112 Å². The number of amides is 1. The van der Waals surface area contributed by atoms with Gasteiger partial charge in [-0.1, -0.05) is 28.9 Å². The normalized spacial score (nSPS) is 12.7. The van der Waals surface area contributed by atoms with E-state index in [1.54, 1.807) is 30.3 Å². The van der Waals surface area contributed by atoms with Crippen LogP contribution in [0.4, 0.5) is 11.4 Å². The molecule has 28 heavy (non-hydrogen) atoms. The van der Waals surface area contributed by atoms with E-state index in [0.717, 1.165) is 5.56 Å². The average molecular weight is 401 g/mol. The van der Waals surface area contributed by atoms with Crippen molar-refractivity contribution in [3.8, 4) is 17.5 Å². The van der Waals surface area contributed by atoms with Gasteiger partial charge < -0.3 is 9.64 Å². The van der Waals surface area contributed by atoms with Crippen molar-refractivity contribution in [2.75, 3.05) is 18.1 Å². The Labute approximate surface area is 163 Å². The number of nitrogens with zero attached hydrogens (tertiary/aromatic N) is 4. The molecule has 1 aliphatic rings. The summed E-state index contributed by atoms with van der Waals surface area (Å²) in [5, 5.41) is 15.1. The van der Waals surface area contributed by atoms with Gasteiger partial charge in [-0.15, -0.1) is 0 Å². The maximum Gasteiger partial charge on any atom is 0.418 e. The first-order valence-corrected chi connectivity index (χ1v) is 8.70. The third-order valence-electron chi connectivity index (χ3n) is 4.31. The molecule has 1 amide bonds. The molecular weight excluding hydrogens is 388 g/mol. The first kappa shape index (κ1) is 17.9. The van der Waals surface area contributed by atoms with Crippen molar-refractivity contribution in [2.24, 2.45) is 0 Å². The Morgan fingerprint density at radius 1 is 1.32 bits per heavy atom. The molecule has 0 bridgehead atoms. The van der Waals surface area contributed by atoms with Gasteiger partial charge in [0.2, 0.25) is 5.82 Å². The SMILES string of the molecule is O=C(COc1nc(-c2ccccc2Cl)no1)N1CCc2cc([N+](=O)[O-])ccc21. The summed E-state index contributed by atoms with van der Waals surface area (Å²) in [7, 11) is 0. The molecule has 2 aromatic carbocycles. The van der Waals surface area contributed by atoms with Crippen LogP contribution in [-0.2, 0) is 11.2 Å². The second-order valence-electron chi connectivity index (χ2n) is 6.02. The fraction of sp³-hybridized carbons (Fsp3) is 0.167. The lowest BCUT2D eigenvalue weighted by molar-refractivity contribution is -0.384.